The number of aromatic nitrogens is 5. The lowest BCUT2D eigenvalue weighted by Gasteiger charge is -2.31. The highest BCUT2D eigenvalue weighted by Gasteiger charge is 2.34. The van der Waals surface area contributed by atoms with E-state index in [-0.39, 0.29) is 11.8 Å². The number of rotatable bonds is 6. The van der Waals surface area contributed by atoms with Gasteiger partial charge in [0.1, 0.15) is 18.0 Å². The summed E-state index contributed by atoms with van der Waals surface area (Å²) in [5.41, 5.74) is 3.00. The SMILES string of the molecule is CC(C)NCC(c1ccc(Cl)cc1)c1nnc2n1CCN(c1ncnc3c1[C@H](C)CC3O)C2. The lowest BCUT2D eigenvalue weighted by molar-refractivity contribution is 0.170. The number of fused-ring (bicyclic) bond motifs is 2. The van der Waals surface area contributed by atoms with Crippen LogP contribution < -0.4 is 10.2 Å². The molecule has 174 valence electrons. The van der Waals surface area contributed by atoms with Crippen LogP contribution in [-0.4, -0.2) is 49.0 Å². The normalized spacial score (nSPS) is 20.7. The molecule has 2 N–H and O–H groups in total. The number of aliphatic hydroxyl groups is 1. The van der Waals surface area contributed by atoms with Crippen molar-refractivity contribution >= 4 is 17.4 Å². The molecule has 0 fully saturated rings. The summed E-state index contributed by atoms with van der Waals surface area (Å²) in [4.78, 5) is 11.2. The number of hydrogen-bond acceptors (Lipinski definition) is 7. The molecule has 0 radical (unpaired) electrons. The first-order valence-corrected chi connectivity index (χ1v) is 12.0. The average Bonchev–Trinajstić information content (AvgIpc) is 3.35. The third-order valence-electron chi connectivity index (χ3n) is 6.67. The molecule has 0 saturated carbocycles. The van der Waals surface area contributed by atoms with Crippen molar-refractivity contribution in [3.05, 3.63) is 64.1 Å². The van der Waals surface area contributed by atoms with Crippen LogP contribution >= 0.6 is 11.6 Å². The Kier molecular flexibility index (Phi) is 6.07. The van der Waals surface area contributed by atoms with Crippen LogP contribution in [0.15, 0.2) is 30.6 Å². The van der Waals surface area contributed by atoms with Gasteiger partial charge in [0.25, 0.3) is 0 Å². The fourth-order valence-corrected chi connectivity index (χ4v) is 5.11. The number of hydrogen-bond donors (Lipinski definition) is 2. The van der Waals surface area contributed by atoms with Gasteiger partial charge >= 0.3 is 0 Å². The van der Waals surface area contributed by atoms with Gasteiger partial charge in [-0.25, -0.2) is 9.97 Å². The van der Waals surface area contributed by atoms with E-state index in [1.807, 2.05) is 12.1 Å². The molecule has 1 aliphatic carbocycles. The van der Waals surface area contributed by atoms with Crippen molar-refractivity contribution in [3.8, 4) is 0 Å². The predicted molar refractivity (Wildman–Crippen MR) is 128 cm³/mol. The molecular weight excluding hydrogens is 438 g/mol. The second-order valence-electron chi connectivity index (χ2n) is 9.36. The summed E-state index contributed by atoms with van der Waals surface area (Å²) < 4.78 is 2.25. The Balaban J connectivity index is 1.44. The zero-order chi connectivity index (χ0) is 23.1. The quantitative estimate of drug-likeness (QED) is 0.573. The van der Waals surface area contributed by atoms with Gasteiger partial charge in [-0.05, 0) is 30.0 Å². The van der Waals surface area contributed by atoms with E-state index >= 15 is 0 Å². The van der Waals surface area contributed by atoms with Gasteiger partial charge in [-0.3, -0.25) is 0 Å². The van der Waals surface area contributed by atoms with E-state index in [0.717, 1.165) is 53.4 Å². The summed E-state index contributed by atoms with van der Waals surface area (Å²) in [5.74, 6) is 3.12. The zero-order valence-electron chi connectivity index (χ0n) is 19.2. The van der Waals surface area contributed by atoms with E-state index in [1.165, 1.54) is 5.56 Å². The lowest BCUT2D eigenvalue weighted by atomic mass is 9.97. The third-order valence-corrected chi connectivity index (χ3v) is 6.93. The van der Waals surface area contributed by atoms with E-state index < -0.39 is 6.10 Å². The minimum Gasteiger partial charge on any atom is -0.387 e. The maximum Gasteiger partial charge on any atom is 0.152 e. The van der Waals surface area contributed by atoms with Gasteiger partial charge in [-0.1, -0.05) is 44.5 Å². The monoisotopic (exact) mass is 467 g/mol. The van der Waals surface area contributed by atoms with Gasteiger partial charge in [0.2, 0.25) is 0 Å². The molecule has 0 bridgehead atoms. The summed E-state index contributed by atoms with van der Waals surface area (Å²) in [5, 5.41) is 23.9. The van der Waals surface area contributed by atoms with Crippen molar-refractivity contribution in [1.29, 1.82) is 0 Å². The molecule has 5 rings (SSSR count). The molecule has 0 amide bonds. The number of benzene rings is 1. The highest BCUT2D eigenvalue weighted by Crippen LogP contribution is 2.43. The van der Waals surface area contributed by atoms with E-state index in [4.69, 9.17) is 11.6 Å². The van der Waals surface area contributed by atoms with Crippen LogP contribution in [0.4, 0.5) is 5.82 Å². The zero-order valence-corrected chi connectivity index (χ0v) is 20.0. The number of nitrogens with zero attached hydrogens (tertiary/aromatic N) is 6. The second kappa shape index (κ2) is 9.00. The molecule has 1 aliphatic heterocycles. The molecule has 2 aliphatic rings. The summed E-state index contributed by atoms with van der Waals surface area (Å²) in [6.07, 6.45) is 1.75. The summed E-state index contributed by atoms with van der Waals surface area (Å²) >= 11 is 6.14. The van der Waals surface area contributed by atoms with Crippen molar-refractivity contribution in [3.63, 3.8) is 0 Å². The summed E-state index contributed by atoms with van der Waals surface area (Å²) in [7, 11) is 0. The first-order valence-electron chi connectivity index (χ1n) is 11.6. The lowest BCUT2D eigenvalue weighted by Crippen LogP contribution is -2.37. The van der Waals surface area contributed by atoms with Gasteiger partial charge in [-0.15, -0.1) is 10.2 Å². The van der Waals surface area contributed by atoms with Gasteiger partial charge in [0.05, 0.1) is 24.3 Å². The first-order chi connectivity index (χ1) is 15.9. The molecule has 9 heteroatoms. The molecule has 3 atom stereocenters. The van der Waals surface area contributed by atoms with Crippen molar-refractivity contribution in [2.45, 2.75) is 64.3 Å². The number of halogens is 1. The van der Waals surface area contributed by atoms with Gasteiger partial charge in [0.15, 0.2) is 5.82 Å². The Labute approximate surface area is 199 Å². The summed E-state index contributed by atoms with van der Waals surface area (Å²) in [6.45, 7) is 9.40. The van der Waals surface area contributed by atoms with Gasteiger partial charge in [0, 0.05) is 36.3 Å². The van der Waals surface area contributed by atoms with Gasteiger partial charge < -0.3 is 19.9 Å². The van der Waals surface area contributed by atoms with Crippen LogP contribution in [0.3, 0.4) is 0 Å². The topological polar surface area (TPSA) is 92.0 Å². The molecular formula is C24H30ClN7O. The number of anilines is 1. The molecule has 1 aromatic carbocycles. The fraction of sp³-hybridized carbons (Fsp3) is 0.500. The largest absolute Gasteiger partial charge is 0.387 e. The predicted octanol–water partition coefficient (Wildman–Crippen LogP) is 3.41. The van der Waals surface area contributed by atoms with Crippen LogP contribution in [0.5, 0.6) is 0 Å². The molecule has 0 saturated heterocycles. The maximum atomic E-state index is 10.4. The molecule has 3 heterocycles. The maximum absolute atomic E-state index is 10.4. The minimum atomic E-state index is -0.509. The number of nitrogens with one attached hydrogen (secondary N) is 1. The van der Waals surface area contributed by atoms with E-state index in [1.54, 1.807) is 6.33 Å². The van der Waals surface area contributed by atoms with Crippen molar-refractivity contribution < 1.29 is 5.11 Å². The third kappa shape index (κ3) is 4.23. The smallest absolute Gasteiger partial charge is 0.152 e. The van der Waals surface area contributed by atoms with Gasteiger partial charge in [-0.2, -0.15) is 0 Å². The summed E-state index contributed by atoms with van der Waals surface area (Å²) in [6, 6.07) is 8.38. The molecule has 0 spiro atoms. The van der Waals surface area contributed by atoms with E-state index in [2.05, 4.69) is 67.9 Å². The number of aliphatic hydroxyl groups excluding tert-OH is 1. The Morgan fingerprint density at radius 3 is 2.70 bits per heavy atom. The average molecular weight is 468 g/mol. The second-order valence-corrected chi connectivity index (χ2v) is 9.80. The molecule has 3 aromatic rings. The molecule has 8 nitrogen and oxygen atoms in total. The van der Waals surface area contributed by atoms with Crippen LogP contribution in [0.1, 0.15) is 73.6 Å². The fourth-order valence-electron chi connectivity index (χ4n) is 4.98. The highest BCUT2D eigenvalue weighted by molar-refractivity contribution is 6.30. The van der Waals surface area contributed by atoms with Crippen molar-refractivity contribution in [1.82, 2.24) is 30.0 Å². The van der Waals surface area contributed by atoms with Crippen LogP contribution in [-0.2, 0) is 13.1 Å². The minimum absolute atomic E-state index is 0.0796. The van der Waals surface area contributed by atoms with E-state index in [0.29, 0.717) is 19.0 Å². The van der Waals surface area contributed by atoms with E-state index in [9.17, 15) is 5.11 Å². The Morgan fingerprint density at radius 1 is 1.15 bits per heavy atom. The molecule has 33 heavy (non-hydrogen) atoms. The van der Waals surface area contributed by atoms with Crippen LogP contribution in [0, 0.1) is 0 Å². The molecule has 2 unspecified atom stereocenters. The van der Waals surface area contributed by atoms with Crippen molar-refractivity contribution in [2.75, 3.05) is 18.0 Å². The Hall–Kier alpha value is -2.55. The molecule has 2 aromatic heterocycles. The Bertz CT molecular complexity index is 1130. The van der Waals surface area contributed by atoms with Crippen molar-refractivity contribution in [2.24, 2.45) is 0 Å². The standard InChI is InChI=1S/C24H30ClN7O/c1-14(2)26-11-18(16-4-6-17(25)7-5-16)23-30-29-20-12-31(8-9-32(20)23)24-21-15(3)10-19(33)22(21)27-13-28-24/h4-7,13-15,18-19,26,33H,8-12H2,1-3H3/t15-,18?,19?/m1/s1. The van der Waals surface area contributed by atoms with Crippen LogP contribution in [0.2, 0.25) is 5.02 Å². The van der Waals surface area contributed by atoms with Crippen LogP contribution in [0.25, 0.3) is 0 Å². The first kappa shape index (κ1) is 22.3. The Morgan fingerprint density at radius 2 is 1.94 bits per heavy atom. The highest BCUT2D eigenvalue weighted by atomic mass is 35.5.